The summed E-state index contributed by atoms with van der Waals surface area (Å²) in [6.45, 7) is 1.48. The summed E-state index contributed by atoms with van der Waals surface area (Å²) in [6.07, 6.45) is 0. The molecule has 0 bridgehead atoms. The fourth-order valence-corrected chi connectivity index (χ4v) is 3.59. The van der Waals surface area contributed by atoms with Gasteiger partial charge in [-0.05, 0) is 19.1 Å². The number of esters is 1. The second-order valence-corrected chi connectivity index (χ2v) is 6.74. The maximum Gasteiger partial charge on any atom is 0.339 e. The molecule has 144 valence electrons. The Kier molecular flexibility index (Phi) is 5.90. The Hall–Kier alpha value is -3.28. The Morgan fingerprint density at radius 3 is 2.37 bits per heavy atom. The van der Waals surface area contributed by atoms with Crippen LogP contribution < -0.4 is 14.4 Å². The van der Waals surface area contributed by atoms with Gasteiger partial charge in [0, 0.05) is 7.05 Å². The molecule has 0 aliphatic heterocycles. The van der Waals surface area contributed by atoms with Gasteiger partial charge in [-0.3, -0.25) is 0 Å². The molecule has 27 heavy (non-hydrogen) atoms. The molecule has 0 aliphatic rings. The van der Waals surface area contributed by atoms with Gasteiger partial charge in [0.2, 0.25) is 0 Å². The third-order valence-electron chi connectivity index (χ3n) is 3.29. The zero-order chi connectivity index (χ0) is 20.2. The van der Waals surface area contributed by atoms with Crippen molar-refractivity contribution in [2.24, 2.45) is 0 Å². The SMILES string of the molecule is CNC(=O)N(c1nc(C)nc(OC)n1)S(=O)(=O)c1ccccc1C(=O)OC. The average molecular weight is 395 g/mol. The van der Waals surface area contributed by atoms with Crippen LogP contribution in [0.25, 0.3) is 0 Å². The van der Waals surface area contributed by atoms with E-state index in [1.54, 1.807) is 0 Å². The number of aromatic nitrogens is 3. The molecule has 1 N–H and O–H groups in total. The summed E-state index contributed by atoms with van der Waals surface area (Å²) in [4.78, 5) is 35.5. The fourth-order valence-electron chi connectivity index (χ4n) is 2.10. The van der Waals surface area contributed by atoms with Crippen LogP contribution in [0.2, 0.25) is 0 Å². The minimum absolute atomic E-state index is 0.127. The number of aryl methyl sites for hydroxylation is 1. The average Bonchev–Trinajstić information content (AvgIpc) is 2.66. The second kappa shape index (κ2) is 7.95. The number of ether oxygens (including phenoxy) is 2. The van der Waals surface area contributed by atoms with E-state index in [1.165, 1.54) is 45.3 Å². The highest BCUT2D eigenvalue weighted by Crippen LogP contribution is 2.25. The molecule has 1 aromatic heterocycles. The van der Waals surface area contributed by atoms with E-state index in [9.17, 15) is 18.0 Å². The minimum atomic E-state index is -4.58. The number of sulfonamides is 1. The second-order valence-electron chi connectivity index (χ2n) is 4.98. The van der Waals surface area contributed by atoms with E-state index < -0.39 is 32.9 Å². The largest absolute Gasteiger partial charge is 0.467 e. The summed E-state index contributed by atoms with van der Waals surface area (Å²) < 4.78 is 36.3. The van der Waals surface area contributed by atoms with Gasteiger partial charge in [-0.15, -0.1) is 4.31 Å². The molecule has 0 fully saturated rings. The first-order valence-electron chi connectivity index (χ1n) is 7.47. The number of rotatable bonds is 5. The number of anilines is 1. The van der Waals surface area contributed by atoms with Crippen LogP contribution in [0.4, 0.5) is 10.7 Å². The first kappa shape index (κ1) is 20.0. The van der Waals surface area contributed by atoms with Crippen molar-refractivity contribution in [2.75, 3.05) is 25.6 Å². The summed E-state index contributed by atoms with van der Waals surface area (Å²) >= 11 is 0. The number of urea groups is 1. The van der Waals surface area contributed by atoms with Crippen molar-refractivity contribution in [3.05, 3.63) is 35.7 Å². The van der Waals surface area contributed by atoms with Gasteiger partial charge in [0.05, 0.1) is 19.8 Å². The van der Waals surface area contributed by atoms with Gasteiger partial charge in [-0.2, -0.15) is 15.0 Å². The number of methoxy groups -OCH3 is 2. The number of carbonyl (C=O) groups excluding carboxylic acids is 2. The van der Waals surface area contributed by atoms with Crippen LogP contribution in [-0.4, -0.2) is 56.6 Å². The molecule has 0 saturated carbocycles. The zero-order valence-electron chi connectivity index (χ0n) is 15.0. The summed E-state index contributed by atoms with van der Waals surface area (Å²) in [7, 11) is -0.947. The van der Waals surface area contributed by atoms with Crippen LogP contribution in [-0.2, 0) is 14.8 Å². The molecule has 12 heteroatoms. The molecule has 2 amide bonds. The summed E-state index contributed by atoms with van der Waals surface area (Å²) in [5.41, 5.74) is -0.244. The summed E-state index contributed by atoms with van der Waals surface area (Å²) in [5, 5.41) is 2.21. The lowest BCUT2D eigenvalue weighted by molar-refractivity contribution is 0.0596. The molecule has 0 atom stereocenters. The molecule has 0 unspecified atom stereocenters. The first-order chi connectivity index (χ1) is 12.8. The number of benzene rings is 1. The summed E-state index contributed by atoms with van der Waals surface area (Å²) in [6, 6.07) is 4.08. The Bertz CT molecular complexity index is 978. The van der Waals surface area contributed by atoms with Gasteiger partial charge < -0.3 is 14.8 Å². The molecule has 1 aromatic carbocycles. The lowest BCUT2D eigenvalue weighted by atomic mass is 10.2. The van der Waals surface area contributed by atoms with E-state index >= 15 is 0 Å². The Labute approximate surface area is 155 Å². The molecule has 0 aliphatic carbocycles. The topological polar surface area (TPSA) is 141 Å². The van der Waals surface area contributed by atoms with E-state index in [0.29, 0.717) is 4.31 Å². The standard InChI is InChI=1S/C15H17N5O6S/c1-9-17-13(19-14(18-9)26-4)20(15(22)16-2)27(23,24)11-8-6-5-7-10(11)12(21)25-3/h5-8H,1-4H3,(H,16,22). The molecule has 0 radical (unpaired) electrons. The maximum atomic E-state index is 13.2. The third-order valence-corrected chi connectivity index (χ3v) is 5.01. The van der Waals surface area contributed by atoms with Gasteiger partial charge in [0.1, 0.15) is 10.7 Å². The molecule has 11 nitrogen and oxygen atoms in total. The van der Waals surface area contributed by atoms with Crippen molar-refractivity contribution in [2.45, 2.75) is 11.8 Å². The van der Waals surface area contributed by atoms with E-state index in [-0.39, 0.29) is 17.4 Å². The van der Waals surface area contributed by atoms with Crippen molar-refractivity contribution in [1.82, 2.24) is 20.3 Å². The van der Waals surface area contributed by atoms with Crippen LogP contribution in [0.3, 0.4) is 0 Å². The lowest BCUT2D eigenvalue weighted by Gasteiger charge is -2.21. The normalized spacial score (nSPS) is 10.8. The number of nitrogens with one attached hydrogen (secondary N) is 1. The van der Waals surface area contributed by atoms with Crippen molar-refractivity contribution >= 4 is 28.0 Å². The highest BCUT2D eigenvalue weighted by molar-refractivity contribution is 7.93. The van der Waals surface area contributed by atoms with Crippen molar-refractivity contribution in [1.29, 1.82) is 0 Å². The highest BCUT2D eigenvalue weighted by Gasteiger charge is 2.36. The van der Waals surface area contributed by atoms with Crippen molar-refractivity contribution in [3.8, 4) is 6.01 Å². The summed E-state index contributed by atoms with van der Waals surface area (Å²) in [5.74, 6) is -1.24. The first-order valence-corrected chi connectivity index (χ1v) is 8.91. The Balaban J connectivity index is 2.73. The number of nitrogens with zero attached hydrogens (tertiary/aromatic N) is 4. The number of hydrogen-bond donors (Lipinski definition) is 1. The maximum absolute atomic E-state index is 13.2. The molecular weight excluding hydrogens is 378 g/mol. The van der Waals surface area contributed by atoms with E-state index in [2.05, 4.69) is 25.0 Å². The van der Waals surface area contributed by atoms with Crippen molar-refractivity contribution in [3.63, 3.8) is 0 Å². The third kappa shape index (κ3) is 3.95. The van der Waals surface area contributed by atoms with Gasteiger partial charge in [-0.1, -0.05) is 12.1 Å². The van der Waals surface area contributed by atoms with E-state index in [1.807, 2.05) is 0 Å². The molecular formula is C15H17N5O6S. The highest BCUT2D eigenvalue weighted by atomic mass is 32.2. The predicted octanol–water partition coefficient (Wildman–Crippen LogP) is 0.510. The van der Waals surface area contributed by atoms with Crippen LogP contribution in [0, 0.1) is 6.92 Å². The van der Waals surface area contributed by atoms with Gasteiger partial charge >= 0.3 is 18.0 Å². The van der Waals surface area contributed by atoms with Gasteiger partial charge in [0.25, 0.3) is 16.0 Å². The zero-order valence-corrected chi connectivity index (χ0v) is 15.8. The van der Waals surface area contributed by atoms with Crippen molar-refractivity contribution < 1.29 is 27.5 Å². The quantitative estimate of drug-likeness (QED) is 0.717. The van der Waals surface area contributed by atoms with Gasteiger partial charge in [0.15, 0.2) is 0 Å². The molecule has 2 aromatic rings. The minimum Gasteiger partial charge on any atom is -0.467 e. The number of carbonyl (C=O) groups is 2. The molecule has 0 spiro atoms. The van der Waals surface area contributed by atoms with Crippen LogP contribution >= 0.6 is 0 Å². The Morgan fingerprint density at radius 2 is 1.78 bits per heavy atom. The monoisotopic (exact) mass is 395 g/mol. The lowest BCUT2D eigenvalue weighted by Crippen LogP contribution is -2.44. The number of hydrogen-bond acceptors (Lipinski definition) is 9. The van der Waals surface area contributed by atoms with Gasteiger partial charge in [-0.25, -0.2) is 18.0 Å². The van der Waals surface area contributed by atoms with Crippen LogP contribution in [0.5, 0.6) is 6.01 Å². The van der Waals surface area contributed by atoms with Crippen LogP contribution in [0.1, 0.15) is 16.2 Å². The smallest absolute Gasteiger partial charge is 0.339 e. The Morgan fingerprint density at radius 1 is 1.11 bits per heavy atom. The molecule has 1 heterocycles. The number of amides is 2. The van der Waals surface area contributed by atoms with E-state index in [0.717, 1.165) is 7.11 Å². The molecule has 2 rings (SSSR count). The predicted molar refractivity (Wildman–Crippen MR) is 93.0 cm³/mol. The molecule has 0 saturated heterocycles. The van der Waals surface area contributed by atoms with E-state index in [4.69, 9.17) is 4.74 Å². The van der Waals surface area contributed by atoms with Crippen LogP contribution in [0.15, 0.2) is 29.2 Å². The fraction of sp³-hybridized carbons (Fsp3) is 0.267.